The van der Waals surface area contributed by atoms with Crippen LogP contribution < -0.4 is 5.32 Å². The number of benzene rings is 1. The highest BCUT2D eigenvalue weighted by Gasteiger charge is 2.17. The van der Waals surface area contributed by atoms with Crippen molar-refractivity contribution >= 4 is 17.8 Å². The molecule has 22 heavy (non-hydrogen) atoms. The predicted molar refractivity (Wildman–Crippen MR) is 75.6 cm³/mol. The first-order chi connectivity index (χ1) is 10.5. The fourth-order valence-corrected chi connectivity index (χ4v) is 1.89. The van der Waals surface area contributed by atoms with Gasteiger partial charge in [0.2, 0.25) is 11.9 Å². The van der Waals surface area contributed by atoms with Gasteiger partial charge >= 0.3 is 5.97 Å². The summed E-state index contributed by atoms with van der Waals surface area (Å²) in [6.07, 6.45) is 1.46. The number of aromatic nitrogens is 3. The number of carboxylic acids is 1. The van der Waals surface area contributed by atoms with Gasteiger partial charge in [-0.2, -0.15) is 0 Å². The maximum atomic E-state index is 13.5. The van der Waals surface area contributed by atoms with Gasteiger partial charge in [0.1, 0.15) is 18.7 Å². The number of aliphatic carboxylic acids is 1. The summed E-state index contributed by atoms with van der Waals surface area (Å²) in [6.45, 7) is 1.32. The smallest absolute Gasteiger partial charge is 0.325 e. The van der Waals surface area contributed by atoms with Crippen LogP contribution in [0.1, 0.15) is 12.5 Å². The SMILES string of the molecule is CC(Cc1ccccc1F)C(=O)Nc1ncn(CC(=O)O)n1. The highest BCUT2D eigenvalue weighted by Crippen LogP contribution is 2.13. The number of hydrogen-bond acceptors (Lipinski definition) is 4. The molecule has 2 aromatic rings. The lowest BCUT2D eigenvalue weighted by atomic mass is 10.00. The van der Waals surface area contributed by atoms with Gasteiger partial charge in [0.05, 0.1) is 0 Å². The topological polar surface area (TPSA) is 97.1 Å². The maximum Gasteiger partial charge on any atom is 0.325 e. The highest BCUT2D eigenvalue weighted by molar-refractivity contribution is 5.90. The number of carbonyl (C=O) groups excluding carboxylic acids is 1. The van der Waals surface area contributed by atoms with Gasteiger partial charge < -0.3 is 5.11 Å². The molecule has 0 aliphatic rings. The van der Waals surface area contributed by atoms with E-state index in [0.717, 1.165) is 4.68 Å². The number of carbonyl (C=O) groups is 2. The minimum atomic E-state index is -1.06. The molecule has 1 unspecified atom stereocenters. The van der Waals surface area contributed by atoms with E-state index in [1.54, 1.807) is 25.1 Å². The second kappa shape index (κ2) is 6.79. The molecule has 0 aliphatic carbocycles. The molecule has 1 aromatic heterocycles. The predicted octanol–water partition coefficient (Wildman–Crippen LogP) is 1.32. The van der Waals surface area contributed by atoms with Crippen LogP contribution in [0.4, 0.5) is 10.3 Å². The average molecular weight is 306 g/mol. The van der Waals surface area contributed by atoms with Crippen LogP contribution in [-0.2, 0) is 22.6 Å². The average Bonchev–Trinajstić information content (AvgIpc) is 2.87. The van der Waals surface area contributed by atoms with E-state index in [-0.39, 0.29) is 30.6 Å². The van der Waals surface area contributed by atoms with Crippen LogP contribution in [0.3, 0.4) is 0 Å². The van der Waals surface area contributed by atoms with Crippen molar-refractivity contribution in [2.24, 2.45) is 5.92 Å². The summed E-state index contributed by atoms with van der Waals surface area (Å²) >= 11 is 0. The second-order valence-electron chi connectivity index (χ2n) is 4.85. The summed E-state index contributed by atoms with van der Waals surface area (Å²) < 4.78 is 14.6. The minimum absolute atomic E-state index is 0.0200. The van der Waals surface area contributed by atoms with Gasteiger partial charge in [-0.3, -0.25) is 14.9 Å². The van der Waals surface area contributed by atoms with E-state index >= 15 is 0 Å². The van der Waals surface area contributed by atoms with Crippen LogP contribution >= 0.6 is 0 Å². The highest BCUT2D eigenvalue weighted by atomic mass is 19.1. The van der Waals surface area contributed by atoms with Crippen LogP contribution in [0, 0.1) is 11.7 Å². The van der Waals surface area contributed by atoms with E-state index < -0.39 is 11.9 Å². The van der Waals surface area contributed by atoms with Crippen LogP contribution in [0.2, 0.25) is 0 Å². The Kier molecular flexibility index (Phi) is 4.82. The fraction of sp³-hybridized carbons (Fsp3) is 0.286. The Balaban J connectivity index is 1.95. The van der Waals surface area contributed by atoms with Gasteiger partial charge in [0, 0.05) is 5.92 Å². The molecule has 8 heteroatoms. The van der Waals surface area contributed by atoms with Gasteiger partial charge in [0.15, 0.2) is 0 Å². The first-order valence-electron chi connectivity index (χ1n) is 6.61. The molecule has 2 N–H and O–H groups in total. The standard InChI is InChI=1S/C14H15FN4O3/c1-9(6-10-4-2-3-5-11(10)15)13(22)17-14-16-8-19(18-14)7-12(20)21/h2-5,8-9H,6-7H2,1H3,(H,20,21)(H,17,18,22). The Hall–Kier alpha value is -2.77. The molecule has 2 rings (SSSR count). The lowest BCUT2D eigenvalue weighted by Gasteiger charge is -2.10. The molecular formula is C14H15FN4O3. The van der Waals surface area contributed by atoms with E-state index in [1.807, 2.05) is 0 Å². The Labute approximate surface area is 125 Å². The third-order valence-electron chi connectivity index (χ3n) is 3.00. The molecular weight excluding hydrogens is 291 g/mol. The summed E-state index contributed by atoms with van der Waals surface area (Å²) in [6, 6.07) is 6.26. The molecule has 0 saturated carbocycles. The summed E-state index contributed by atoms with van der Waals surface area (Å²) in [5.74, 6) is -2.24. The molecule has 1 amide bonds. The first kappa shape index (κ1) is 15.6. The molecule has 1 aromatic carbocycles. The summed E-state index contributed by atoms with van der Waals surface area (Å²) in [4.78, 5) is 26.4. The van der Waals surface area contributed by atoms with Gasteiger partial charge in [-0.05, 0) is 18.1 Å². The number of carboxylic acid groups (broad SMARTS) is 1. The molecule has 0 saturated heterocycles. The summed E-state index contributed by atoms with van der Waals surface area (Å²) in [5.41, 5.74) is 0.453. The van der Waals surface area contributed by atoms with Crippen molar-refractivity contribution in [2.75, 3.05) is 5.32 Å². The van der Waals surface area contributed by atoms with E-state index in [0.29, 0.717) is 5.56 Å². The number of hydrogen-bond donors (Lipinski definition) is 2. The van der Waals surface area contributed by atoms with Gasteiger partial charge in [-0.25, -0.2) is 14.1 Å². The van der Waals surface area contributed by atoms with Crippen molar-refractivity contribution < 1.29 is 19.1 Å². The minimum Gasteiger partial charge on any atom is -0.480 e. The number of nitrogens with zero attached hydrogens (tertiary/aromatic N) is 3. The van der Waals surface area contributed by atoms with Crippen molar-refractivity contribution in [3.63, 3.8) is 0 Å². The molecule has 0 bridgehead atoms. The third kappa shape index (κ3) is 4.11. The molecule has 0 fully saturated rings. The summed E-state index contributed by atoms with van der Waals surface area (Å²) in [7, 11) is 0. The monoisotopic (exact) mass is 306 g/mol. The van der Waals surface area contributed by atoms with E-state index in [2.05, 4.69) is 15.4 Å². The summed E-state index contributed by atoms with van der Waals surface area (Å²) in [5, 5.41) is 14.9. The van der Waals surface area contributed by atoms with Crippen LogP contribution in [0.15, 0.2) is 30.6 Å². The normalized spacial score (nSPS) is 11.9. The molecule has 1 heterocycles. The first-order valence-corrected chi connectivity index (χ1v) is 6.61. The van der Waals surface area contributed by atoms with Crippen molar-refractivity contribution in [3.8, 4) is 0 Å². The molecule has 116 valence electrons. The Morgan fingerprint density at radius 3 is 2.82 bits per heavy atom. The molecule has 7 nitrogen and oxygen atoms in total. The lowest BCUT2D eigenvalue weighted by Crippen LogP contribution is -2.23. The number of nitrogens with one attached hydrogen (secondary N) is 1. The van der Waals surface area contributed by atoms with Gasteiger partial charge in [-0.15, -0.1) is 5.10 Å². The van der Waals surface area contributed by atoms with Crippen LogP contribution in [0.25, 0.3) is 0 Å². The van der Waals surface area contributed by atoms with Crippen molar-refractivity contribution in [2.45, 2.75) is 19.9 Å². The number of amides is 1. The Morgan fingerprint density at radius 1 is 1.41 bits per heavy atom. The van der Waals surface area contributed by atoms with Crippen molar-refractivity contribution in [1.82, 2.24) is 14.8 Å². The number of anilines is 1. The van der Waals surface area contributed by atoms with Crippen molar-refractivity contribution in [3.05, 3.63) is 42.0 Å². The Bertz CT molecular complexity index is 686. The van der Waals surface area contributed by atoms with Crippen LogP contribution in [0.5, 0.6) is 0 Å². The molecule has 1 atom stereocenters. The van der Waals surface area contributed by atoms with Crippen LogP contribution in [-0.4, -0.2) is 31.7 Å². The second-order valence-corrected chi connectivity index (χ2v) is 4.85. The zero-order valence-corrected chi connectivity index (χ0v) is 11.9. The van der Waals surface area contributed by atoms with Crippen molar-refractivity contribution in [1.29, 1.82) is 0 Å². The fourth-order valence-electron chi connectivity index (χ4n) is 1.89. The Morgan fingerprint density at radius 2 is 2.14 bits per heavy atom. The van der Waals surface area contributed by atoms with E-state index in [4.69, 9.17) is 5.11 Å². The largest absolute Gasteiger partial charge is 0.480 e. The molecule has 0 spiro atoms. The zero-order chi connectivity index (χ0) is 16.1. The number of halogens is 1. The third-order valence-corrected chi connectivity index (χ3v) is 3.00. The maximum absolute atomic E-state index is 13.5. The van der Waals surface area contributed by atoms with E-state index in [9.17, 15) is 14.0 Å². The number of rotatable bonds is 6. The zero-order valence-electron chi connectivity index (χ0n) is 11.9. The lowest BCUT2D eigenvalue weighted by molar-refractivity contribution is -0.137. The molecule has 0 radical (unpaired) electrons. The van der Waals surface area contributed by atoms with Gasteiger partial charge in [-0.1, -0.05) is 25.1 Å². The van der Waals surface area contributed by atoms with Gasteiger partial charge in [0.25, 0.3) is 0 Å². The van der Waals surface area contributed by atoms with E-state index in [1.165, 1.54) is 12.4 Å². The quantitative estimate of drug-likeness (QED) is 0.839. The molecule has 0 aliphatic heterocycles.